The van der Waals surface area contributed by atoms with E-state index in [0.717, 1.165) is 0 Å². The number of aromatic nitrogens is 4. The average Bonchev–Trinajstić information content (AvgIpc) is 2.78. The summed E-state index contributed by atoms with van der Waals surface area (Å²) in [7, 11) is 0. The number of nitrogens with one attached hydrogen (secondary N) is 1. The second kappa shape index (κ2) is 6.29. The normalized spacial score (nSPS) is 12.2. The number of pyridine rings is 1. The summed E-state index contributed by atoms with van der Waals surface area (Å²) in [5.41, 5.74) is 0. The van der Waals surface area contributed by atoms with Crippen LogP contribution in [-0.4, -0.2) is 31.0 Å². The Hall–Kier alpha value is -1.51. The molecule has 2 aromatic rings. The molecule has 0 radical (unpaired) electrons. The van der Waals surface area contributed by atoms with Gasteiger partial charge in [-0.15, -0.1) is 10.2 Å². The highest BCUT2D eigenvalue weighted by Crippen LogP contribution is 2.25. The zero-order valence-corrected chi connectivity index (χ0v) is 12.6. The molecule has 2 heterocycles. The summed E-state index contributed by atoms with van der Waals surface area (Å²) in [5, 5.41) is 10.7. The maximum Gasteiger partial charge on any atom is 0.238 e. The monoisotopic (exact) mass is 332 g/mol. The molecule has 106 valence electrons. The van der Waals surface area contributed by atoms with E-state index in [9.17, 15) is 4.79 Å². The van der Waals surface area contributed by atoms with Crippen molar-refractivity contribution >= 4 is 46.7 Å². The lowest BCUT2D eigenvalue weighted by Gasteiger charge is -2.11. The lowest BCUT2D eigenvalue weighted by molar-refractivity contribution is -0.115. The van der Waals surface area contributed by atoms with Crippen LogP contribution in [0.3, 0.4) is 0 Å². The topological polar surface area (TPSA) is 98.7 Å². The van der Waals surface area contributed by atoms with Gasteiger partial charge < -0.3 is 11.2 Å². The van der Waals surface area contributed by atoms with Gasteiger partial charge in [-0.3, -0.25) is 4.79 Å². The van der Waals surface area contributed by atoms with Crippen molar-refractivity contribution in [3.63, 3.8) is 0 Å². The predicted octanol–water partition coefficient (Wildman–Crippen LogP) is 1.81. The van der Waals surface area contributed by atoms with Crippen LogP contribution in [0.2, 0.25) is 10.0 Å². The highest BCUT2D eigenvalue weighted by molar-refractivity contribution is 8.00. The maximum absolute atomic E-state index is 12.0. The first kappa shape index (κ1) is 14.9. The Labute approximate surface area is 128 Å². The zero-order chi connectivity index (χ0) is 14.7. The summed E-state index contributed by atoms with van der Waals surface area (Å²) in [6, 6.07) is 1.50. The SMILES string of the molecule is C[C@@H](Sc1nncn1N)C(=O)Nc1ncc(Cl)cc1Cl. The summed E-state index contributed by atoms with van der Waals surface area (Å²) in [6.45, 7) is 1.71. The van der Waals surface area contributed by atoms with E-state index in [1.54, 1.807) is 6.92 Å². The molecule has 0 bridgehead atoms. The Morgan fingerprint density at radius 2 is 2.30 bits per heavy atom. The molecule has 20 heavy (non-hydrogen) atoms. The number of anilines is 1. The Balaban J connectivity index is 2.02. The first-order valence-corrected chi connectivity index (χ1v) is 7.04. The summed E-state index contributed by atoms with van der Waals surface area (Å²) < 4.78 is 1.24. The summed E-state index contributed by atoms with van der Waals surface area (Å²) in [6.07, 6.45) is 2.75. The number of hydrogen-bond acceptors (Lipinski definition) is 6. The number of carbonyl (C=O) groups is 1. The molecule has 0 unspecified atom stereocenters. The lowest BCUT2D eigenvalue weighted by atomic mass is 10.4. The molecule has 10 heteroatoms. The third kappa shape index (κ3) is 3.53. The number of halogens is 2. The molecule has 0 aliphatic rings. The van der Waals surface area contributed by atoms with Crippen LogP contribution in [0.15, 0.2) is 23.7 Å². The largest absolute Gasteiger partial charge is 0.336 e. The summed E-state index contributed by atoms with van der Waals surface area (Å²) >= 11 is 12.8. The van der Waals surface area contributed by atoms with Gasteiger partial charge in [-0.2, -0.15) is 0 Å². The minimum Gasteiger partial charge on any atom is -0.336 e. The third-order valence-electron chi connectivity index (χ3n) is 2.24. The van der Waals surface area contributed by atoms with Crippen LogP contribution in [-0.2, 0) is 4.79 Å². The maximum atomic E-state index is 12.0. The van der Waals surface area contributed by atoms with Crippen molar-refractivity contribution < 1.29 is 4.79 Å². The molecular formula is C10H10Cl2N6OS. The van der Waals surface area contributed by atoms with Gasteiger partial charge in [0.05, 0.1) is 15.3 Å². The number of nitrogen functional groups attached to an aromatic ring is 1. The van der Waals surface area contributed by atoms with Crippen molar-refractivity contribution in [2.24, 2.45) is 0 Å². The molecule has 0 aromatic carbocycles. The van der Waals surface area contributed by atoms with Crippen LogP contribution < -0.4 is 11.2 Å². The average molecular weight is 333 g/mol. The highest BCUT2D eigenvalue weighted by atomic mass is 35.5. The van der Waals surface area contributed by atoms with Gasteiger partial charge in [0.2, 0.25) is 11.1 Å². The molecule has 0 saturated heterocycles. The van der Waals surface area contributed by atoms with Gasteiger partial charge in [0.15, 0.2) is 5.82 Å². The zero-order valence-electron chi connectivity index (χ0n) is 10.2. The van der Waals surface area contributed by atoms with Gasteiger partial charge in [-0.05, 0) is 13.0 Å². The Morgan fingerprint density at radius 3 is 2.90 bits per heavy atom. The van der Waals surface area contributed by atoms with Crippen molar-refractivity contribution in [2.45, 2.75) is 17.3 Å². The first-order valence-electron chi connectivity index (χ1n) is 5.41. The van der Waals surface area contributed by atoms with Crippen molar-refractivity contribution in [3.8, 4) is 0 Å². The summed E-state index contributed by atoms with van der Waals surface area (Å²) in [5.74, 6) is 5.54. The first-order chi connectivity index (χ1) is 9.47. The van der Waals surface area contributed by atoms with Crippen LogP contribution in [0.25, 0.3) is 0 Å². The molecular weight excluding hydrogens is 323 g/mol. The molecule has 2 aromatic heterocycles. The fourth-order valence-corrected chi connectivity index (χ4v) is 2.43. The van der Waals surface area contributed by atoms with Crippen molar-refractivity contribution in [1.29, 1.82) is 0 Å². The quantitative estimate of drug-likeness (QED) is 0.654. The number of nitrogens with two attached hydrogens (primary N) is 1. The summed E-state index contributed by atoms with van der Waals surface area (Å²) in [4.78, 5) is 16.0. The van der Waals surface area contributed by atoms with E-state index in [1.165, 1.54) is 35.0 Å². The Kier molecular flexibility index (Phi) is 4.69. The van der Waals surface area contributed by atoms with Gasteiger partial charge in [-0.1, -0.05) is 35.0 Å². The molecule has 3 N–H and O–H groups in total. The molecule has 2 rings (SSSR count). The fourth-order valence-electron chi connectivity index (χ4n) is 1.25. The molecule has 0 saturated carbocycles. The molecule has 1 amide bonds. The van der Waals surface area contributed by atoms with E-state index >= 15 is 0 Å². The van der Waals surface area contributed by atoms with Gasteiger partial charge in [-0.25, -0.2) is 9.66 Å². The van der Waals surface area contributed by atoms with E-state index in [4.69, 9.17) is 29.0 Å². The van der Waals surface area contributed by atoms with Crippen LogP contribution in [0, 0.1) is 0 Å². The van der Waals surface area contributed by atoms with Crippen LogP contribution in [0.1, 0.15) is 6.92 Å². The fraction of sp³-hybridized carbons (Fsp3) is 0.200. The second-order valence-corrected chi connectivity index (χ2v) is 5.91. The predicted molar refractivity (Wildman–Crippen MR) is 78.4 cm³/mol. The molecule has 0 aliphatic heterocycles. The van der Waals surface area contributed by atoms with Gasteiger partial charge in [0.1, 0.15) is 6.33 Å². The number of thioether (sulfide) groups is 1. The van der Waals surface area contributed by atoms with E-state index in [-0.39, 0.29) is 16.7 Å². The number of rotatable bonds is 4. The van der Waals surface area contributed by atoms with Gasteiger partial charge in [0.25, 0.3) is 0 Å². The molecule has 1 atom stereocenters. The van der Waals surface area contributed by atoms with Crippen LogP contribution >= 0.6 is 35.0 Å². The van der Waals surface area contributed by atoms with Crippen LogP contribution in [0.4, 0.5) is 5.82 Å². The molecule has 0 aliphatic carbocycles. The Morgan fingerprint density at radius 1 is 1.55 bits per heavy atom. The third-order valence-corrected chi connectivity index (χ3v) is 3.81. The standard InChI is InChI=1S/C10H10Cl2N6OS/c1-5(20-10-17-15-4-18(10)13)9(19)16-8-7(12)2-6(11)3-14-8/h2-5H,13H2,1H3,(H,14,16,19)/t5-/m1/s1. The minimum absolute atomic E-state index is 0.253. The number of hydrogen-bond donors (Lipinski definition) is 2. The number of nitrogens with zero attached hydrogens (tertiary/aromatic N) is 4. The minimum atomic E-state index is -0.449. The van der Waals surface area contributed by atoms with Crippen LogP contribution in [0.5, 0.6) is 0 Å². The van der Waals surface area contributed by atoms with E-state index in [1.807, 2.05) is 0 Å². The van der Waals surface area contributed by atoms with E-state index < -0.39 is 5.25 Å². The van der Waals surface area contributed by atoms with Crippen molar-refractivity contribution in [1.82, 2.24) is 19.9 Å². The molecule has 0 spiro atoms. The lowest BCUT2D eigenvalue weighted by Crippen LogP contribution is -2.24. The smallest absolute Gasteiger partial charge is 0.238 e. The molecule has 7 nitrogen and oxygen atoms in total. The Bertz CT molecular complexity index is 634. The van der Waals surface area contributed by atoms with Gasteiger partial charge >= 0.3 is 0 Å². The van der Waals surface area contributed by atoms with Gasteiger partial charge in [0, 0.05) is 6.20 Å². The number of carbonyl (C=O) groups excluding carboxylic acids is 1. The molecule has 0 fully saturated rings. The van der Waals surface area contributed by atoms with Crippen molar-refractivity contribution in [3.05, 3.63) is 28.6 Å². The van der Waals surface area contributed by atoms with Crippen molar-refractivity contribution in [2.75, 3.05) is 11.2 Å². The second-order valence-electron chi connectivity index (χ2n) is 3.75. The number of amides is 1. The van der Waals surface area contributed by atoms with E-state index in [2.05, 4.69) is 20.5 Å². The van der Waals surface area contributed by atoms with E-state index in [0.29, 0.717) is 10.2 Å². The highest BCUT2D eigenvalue weighted by Gasteiger charge is 2.19.